The Kier molecular flexibility index (Phi) is 6.75. The van der Waals surface area contributed by atoms with Crippen LogP contribution in [0.3, 0.4) is 0 Å². The summed E-state index contributed by atoms with van der Waals surface area (Å²) in [6, 6.07) is 0. The van der Waals surface area contributed by atoms with Crippen LogP contribution in [-0.4, -0.2) is 49.1 Å². The number of hydrogen-bond donors (Lipinski definition) is 0. The summed E-state index contributed by atoms with van der Waals surface area (Å²) in [6.07, 6.45) is 1.33. The molecule has 1 aliphatic carbocycles. The molecule has 1 saturated heterocycles. The van der Waals surface area contributed by atoms with Crippen LogP contribution in [0.4, 0.5) is 0 Å². The lowest BCUT2D eigenvalue weighted by molar-refractivity contribution is -0.192. The molecule has 3 rings (SSSR count). The number of esters is 3. The van der Waals surface area contributed by atoms with E-state index in [9.17, 15) is 14.4 Å². The Hall–Kier alpha value is -2.09. The summed E-state index contributed by atoms with van der Waals surface area (Å²) in [5.41, 5.74) is 0.0402. The fourth-order valence-electron chi connectivity index (χ4n) is 4.38. The molecule has 0 aromatic carbocycles. The van der Waals surface area contributed by atoms with Crippen LogP contribution in [0, 0.1) is 23.7 Å². The third-order valence-electron chi connectivity index (χ3n) is 5.72. The standard InChI is InChI=1S/C22H32O8/c1-12(2)6-18(24)26-9-15-10-27-21(30-19(25)7-13(3)4)20-16(15)8-17(29-14(5)23)22(20)11-28-22/h10,12-13,16-17,20-21H,6-9,11H2,1-5H3/t16?,17?,20?,21?,22-/m1/s1. The molecule has 0 bridgehead atoms. The van der Waals surface area contributed by atoms with E-state index in [1.54, 1.807) is 0 Å². The molecule has 1 spiro atoms. The van der Waals surface area contributed by atoms with Crippen LogP contribution in [0.5, 0.6) is 0 Å². The first-order valence-electron chi connectivity index (χ1n) is 10.6. The highest BCUT2D eigenvalue weighted by Gasteiger charge is 2.70. The summed E-state index contributed by atoms with van der Waals surface area (Å²) >= 11 is 0. The van der Waals surface area contributed by atoms with E-state index in [-0.39, 0.29) is 48.6 Å². The maximum absolute atomic E-state index is 12.3. The van der Waals surface area contributed by atoms with Gasteiger partial charge in [-0.3, -0.25) is 14.4 Å². The molecule has 0 radical (unpaired) electrons. The van der Waals surface area contributed by atoms with Gasteiger partial charge in [-0.15, -0.1) is 0 Å². The van der Waals surface area contributed by atoms with Crippen LogP contribution < -0.4 is 0 Å². The third-order valence-corrected chi connectivity index (χ3v) is 5.72. The Labute approximate surface area is 177 Å². The molecule has 4 unspecified atom stereocenters. The Morgan fingerprint density at radius 3 is 2.30 bits per heavy atom. The van der Waals surface area contributed by atoms with Crippen molar-refractivity contribution < 1.29 is 38.1 Å². The molecule has 2 heterocycles. The van der Waals surface area contributed by atoms with Crippen LogP contribution in [0.1, 0.15) is 53.9 Å². The number of rotatable bonds is 8. The summed E-state index contributed by atoms with van der Waals surface area (Å²) in [5.74, 6) is -1.13. The van der Waals surface area contributed by atoms with E-state index in [0.717, 1.165) is 5.57 Å². The summed E-state index contributed by atoms with van der Waals surface area (Å²) in [7, 11) is 0. The van der Waals surface area contributed by atoms with Gasteiger partial charge in [0.15, 0.2) is 0 Å². The molecule has 5 atom stereocenters. The van der Waals surface area contributed by atoms with Gasteiger partial charge in [-0.05, 0) is 18.3 Å². The monoisotopic (exact) mass is 424 g/mol. The van der Waals surface area contributed by atoms with E-state index in [1.807, 2.05) is 27.7 Å². The van der Waals surface area contributed by atoms with Gasteiger partial charge in [0.1, 0.15) is 18.3 Å². The number of ether oxygens (including phenoxy) is 5. The van der Waals surface area contributed by atoms with Crippen molar-refractivity contribution >= 4 is 17.9 Å². The van der Waals surface area contributed by atoms with Gasteiger partial charge in [-0.25, -0.2) is 0 Å². The van der Waals surface area contributed by atoms with Gasteiger partial charge >= 0.3 is 17.9 Å². The number of fused-ring (bicyclic) bond motifs is 2. The highest BCUT2D eigenvalue weighted by Crippen LogP contribution is 2.57. The SMILES string of the molecule is CC(=O)OC1CC2C(COC(=O)CC(C)C)=COC(OC(=O)CC(C)C)C2[C@@]12CO2. The molecule has 0 aromatic rings. The van der Waals surface area contributed by atoms with E-state index in [2.05, 4.69) is 0 Å². The molecule has 8 heteroatoms. The number of epoxide rings is 1. The summed E-state index contributed by atoms with van der Waals surface area (Å²) in [6.45, 7) is 9.62. The molecule has 0 amide bonds. The van der Waals surface area contributed by atoms with Crippen molar-refractivity contribution in [3.05, 3.63) is 11.8 Å². The van der Waals surface area contributed by atoms with Gasteiger partial charge in [0.25, 0.3) is 0 Å². The normalized spacial score (nSPS) is 31.8. The van der Waals surface area contributed by atoms with E-state index in [1.165, 1.54) is 13.2 Å². The minimum atomic E-state index is -0.834. The van der Waals surface area contributed by atoms with Gasteiger partial charge in [-0.1, -0.05) is 27.7 Å². The van der Waals surface area contributed by atoms with Crippen LogP contribution >= 0.6 is 0 Å². The molecule has 2 aliphatic heterocycles. The van der Waals surface area contributed by atoms with E-state index in [4.69, 9.17) is 23.7 Å². The van der Waals surface area contributed by atoms with E-state index in [0.29, 0.717) is 19.4 Å². The molecule has 8 nitrogen and oxygen atoms in total. The molecular formula is C22H32O8. The zero-order valence-electron chi connectivity index (χ0n) is 18.3. The molecular weight excluding hydrogens is 392 g/mol. The molecule has 1 saturated carbocycles. The highest BCUT2D eigenvalue weighted by molar-refractivity contribution is 5.70. The maximum atomic E-state index is 12.3. The maximum Gasteiger partial charge on any atom is 0.309 e. The van der Waals surface area contributed by atoms with Crippen LogP contribution in [0.15, 0.2) is 11.8 Å². The second kappa shape index (κ2) is 8.96. The molecule has 30 heavy (non-hydrogen) atoms. The summed E-state index contributed by atoms with van der Waals surface area (Å²) in [5, 5.41) is 0. The fraction of sp³-hybridized carbons (Fsp3) is 0.773. The Morgan fingerprint density at radius 2 is 1.73 bits per heavy atom. The van der Waals surface area contributed by atoms with Crippen LogP contribution in [0.2, 0.25) is 0 Å². The molecule has 0 N–H and O–H groups in total. The molecule has 3 aliphatic rings. The second-order valence-electron chi connectivity index (χ2n) is 9.25. The van der Waals surface area contributed by atoms with Crippen LogP contribution in [-0.2, 0) is 38.1 Å². The lowest BCUT2D eigenvalue weighted by Crippen LogP contribution is -2.45. The van der Waals surface area contributed by atoms with Crippen molar-refractivity contribution in [3.8, 4) is 0 Å². The zero-order valence-corrected chi connectivity index (χ0v) is 18.3. The van der Waals surface area contributed by atoms with Crippen molar-refractivity contribution in [2.24, 2.45) is 23.7 Å². The molecule has 168 valence electrons. The number of hydrogen-bond acceptors (Lipinski definition) is 8. The molecule has 2 fully saturated rings. The van der Waals surface area contributed by atoms with Gasteiger partial charge in [0, 0.05) is 31.3 Å². The van der Waals surface area contributed by atoms with Gasteiger partial charge < -0.3 is 23.7 Å². The van der Waals surface area contributed by atoms with Crippen molar-refractivity contribution in [2.45, 2.75) is 71.9 Å². The predicted octanol–water partition coefficient (Wildman–Crippen LogP) is 2.74. The lowest BCUT2D eigenvalue weighted by atomic mass is 9.83. The lowest BCUT2D eigenvalue weighted by Gasteiger charge is -2.35. The summed E-state index contributed by atoms with van der Waals surface area (Å²) in [4.78, 5) is 35.9. The quantitative estimate of drug-likeness (QED) is 0.333. The van der Waals surface area contributed by atoms with Crippen molar-refractivity contribution in [1.82, 2.24) is 0 Å². The minimum Gasteiger partial charge on any atom is -0.462 e. The topological polar surface area (TPSA) is 101 Å². The Balaban J connectivity index is 1.77. The first-order valence-corrected chi connectivity index (χ1v) is 10.6. The first kappa shape index (κ1) is 22.6. The van der Waals surface area contributed by atoms with Gasteiger partial charge in [0.2, 0.25) is 6.29 Å². The van der Waals surface area contributed by atoms with Crippen molar-refractivity contribution in [3.63, 3.8) is 0 Å². The second-order valence-corrected chi connectivity index (χ2v) is 9.25. The number of carbonyl (C=O) groups is 3. The average molecular weight is 424 g/mol. The number of carbonyl (C=O) groups excluding carboxylic acids is 3. The van der Waals surface area contributed by atoms with Crippen molar-refractivity contribution in [1.29, 1.82) is 0 Å². The largest absolute Gasteiger partial charge is 0.462 e. The highest BCUT2D eigenvalue weighted by atomic mass is 16.7. The van der Waals surface area contributed by atoms with Gasteiger partial charge in [0.05, 0.1) is 18.8 Å². The first-order chi connectivity index (χ1) is 14.1. The predicted molar refractivity (Wildman–Crippen MR) is 105 cm³/mol. The van der Waals surface area contributed by atoms with Gasteiger partial charge in [-0.2, -0.15) is 0 Å². The van der Waals surface area contributed by atoms with Crippen LogP contribution in [0.25, 0.3) is 0 Å². The van der Waals surface area contributed by atoms with Crippen molar-refractivity contribution in [2.75, 3.05) is 13.2 Å². The Morgan fingerprint density at radius 1 is 1.10 bits per heavy atom. The fourth-order valence-corrected chi connectivity index (χ4v) is 4.38. The average Bonchev–Trinajstić information content (AvgIpc) is 3.33. The molecule has 0 aromatic heterocycles. The summed E-state index contributed by atoms with van der Waals surface area (Å²) < 4.78 is 28.2. The van der Waals surface area contributed by atoms with E-state index < -0.39 is 24.0 Å². The minimum absolute atomic E-state index is 0.0856. The third kappa shape index (κ3) is 4.96. The van der Waals surface area contributed by atoms with E-state index >= 15 is 0 Å². The smallest absolute Gasteiger partial charge is 0.309 e. The zero-order chi connectivity index (χ0) is 22.1. The Bertz CT molecular complexity index is 706.